The van der Waals surface area contributed by atoms with Crippen LogP contribution in [-0.4, -0.2) is 32.7 Å². The first-order valence-corrected chi connectivity index (χ1v) is 8.23. The van der Waals surface area contributed by atoms with Crippen LogP contribution >= 0.6 is 0 Å². The molecule has 0 bridgehead atoms. The van der Waals surface area contributed by atoms with Crippen LogP contribution in [0, 0.1) is 0 Å². The van der Waals surface area contributed by atoms with Crippen molar-refractivity contribution in [1.29, 1.82) is 0 Å². The molecule has 0 aliphatic carbocycles. The molecule has 0 spiro atoms. The quantitative estimate of drug-likeness (QED) is 0.653. The summed E-state index contributed by atoms with van der Waals surface area (Å²) in [6.45, 7) is -0.561. The van der Waals surface area contributed by atoms with Gasteiger partial charge in [-0.05, 0) is 12.1 Å². The maximum atomic E-state index is 12.1. The van der Waals surface area contributed by atoms with Crippen molar-refractivity contribution in [3.8, 4) is 11.5 Å². The van der Waals surface area contributed by atoms with E-state index in [-0.39, 0.29) is 16.8 Å². The zero-order valence-corrected chi connectivity index (χ0v) is 15.2. The number of amides is 1. The minimum absolute atomic E-state index is 0.259. The monoisotopic (exact) mass is 383 g/mol. The number of hydrogen-bond donors (Lipinski definition) is 1. The Labute approximate surface area is 159 Å². The van der Waals surface area contributed by atoms with Gasteiger partial charge in [0.15, 0.2) is 12.0 Å². The van der Waals surface area contributed by atoms with E-state index in [1.165, 1.54) is 14.2 Å². The lowest BCUT2D eigenvalue weighted by molar-refractivity contribution is -0.119. The molecule has 144 valence electrons. The molecule has 0 fully saturated rings. The predicted octanol–water partition coefficient (Wildman–Crippen LogP) is 2.61. The van der Waals surface area contributed by atoms with Crippen LogP contribution in [0.3, 0.4) is 0 Å². The third-order valence-electron chi connectivity index (χ3n) is 3.81. The van der Waals surface area contributed by atoms with E-state index in [4.69, 9.17) is 18.6 Å². The largest absolute Gasteiger partial charge is 0.497 e. The number of rotatable bonds is 6. The fraction of sp³-hybridized carbons (Fsp3) is 0.150. The lowest BCUT2D eigenvalue weighted by atomic mass is 10.2. The number of anilines is 1. The molecule has 8 nitrogen and oxygen atoms in total. The molecule has 2 aromatic carbocycles. The van der Waals surface area contributed by atoms with E-state index in [0.29, 0.717) is 22.6 Å². The highest BCUT2D eigenvalue weighted by molar-refractivity contribution is 5.95. The number of hydrogen-bond acceptors (Lipinski definition) is 7. The van der Waals surface area contributed by atoms with E-state index in [2.05, 4.69) is 5.32 Å². The zero-order valence-electron chi connectivity index (χ0n) is 15.2. The van der Waals surface area contributed by atoms with Gasteiger partial charge in [-0.25, -0.2) is 4.79 Å². The van der Waals surface area contributed by atoms with Crippen molar-refractivity contribution in [2.45, 2.75) is 0 Å². The van der Waals surface area contributed by atoms with Crippen molar-refractivity contribution >= 4 is 28.5 Å². The summed E-state index contributed by atoms with van der Waals surface area (Å²) in [5.74, 6) is -0.790. The molecule has 1 heterocycles. The molecule has 28 heavy (non-hydrogen) atoms. The Bertz CT molecular complexity index is 1070. The predicted molar refractivity (Wildman–Crippen MR) is 101 cm³/mol. The number of esters is 1. The Kier molecular flexibility index (Phi) is 5.59. The van der Waals surface area contributed by atoms with E-state index < -0.39 is 18.5 Å². The van der Waals surface area contributed by atoms with E-state index in [1.807, 2.05) is 0 Å². The lowest BCUT2D eigenvalue weighted by Crippen LogP contribution is -2.21. The summed E-state index contributed by atoms with van der Waals surface area (Å²) in [5, 5.41) is 2.92. The summed E-state index contributed by atoms with van der Waals surface area (Å²) in [6.07, 6.45) is 0. The van der Waals surface area contributed by atoms with Crippen LogP contribution in [0.4, 0.5) is 5.69 Å². The van der Waals surface area contributed by atoms with Gasteiger partial charge in [0.25, 0.3) is 5.91 Å². The molecular formula is C20H17NO7. The van der Waals surface area contributed by atoms with Crippen LogP contribution < -0.4 is 20.2 Å². The molecule has 0 unspecified atom stereocenters. The van der Waals surface area contributed by atoms with E-state index in [9.17, 15) is 14.4 Å². The highest BCUT2D eigenvalue weighted by atomic mass is 16.5. The molecule has 0 radical (unpaired) electrons. The van der Waals surface area contributed by atoms with Gasteiger partial charge in [-0.15, -0.1) is 0 Å². The standard InChI is InChI=1S/C20H17NO7/c1-25-13-7-12(8-14(9-13)26-2)21-19(23)11-27-20(24)18-10-16(22)15-5-3-4-6-17(15)28-18/h3-10H,11H2,1-2H3,(H,21,23). The zero-order chi connectivity index (χ0) is 20.1. The van der Waals surface area contributed by atoms with Crippen LogP contribution in [0.5, 0.6) is 11.5 Å². The van der Waals surface area contributed by atoms with Crippen LogP contribution in [-0.2, 0) is 9.53 Å². The minimum atomic E-state index is -0.916. The van der Waals surface area contributed by atoms with Gasteiger partial charge < -0.3 is 23.9 Å². The summed E-state index contributed by atoms with van der Waals surface area (Å²) < 4.78 is 20.6. The SMILES string of the molecule is COc1cc(NC(=O)COC(=O)c2cc(=O)c3ccccc3o2)cc(OC)c1. The highest BCUT2D eigenvalue weighted by Gasteiger charge is 2.16. The smallest absolute Gasteiger partial charge is 0.374 e. The van der Waals surface area contributed by atoms with Gasteiger partial charge in [-0.1, -0.05) is 12.1 Å². The van der Waals surface area contributed by atoms with Crippen molar-refractivity contribution in [2.24, 2.45) is 0 Å². The first kappa shape index (κ1) is 19.0. The average Bonchev–Trinajstić information content (AvgIpc) is 2.71. The second-order valence-corrected chi connectivity index (χ2v) is 5.70. The number of carbonyl (C=O) groups is 2. The Morgan fingerprint density at radius 3 is 2.36 bits per heavy atom. The average molecular weight is 383 g/mol. The summed E-state index contributed by atoms with van der Waals surface area (Å²) >= 11 is 0. The first-order valence-electron chi connectivity index (χ1n) is 8.23. The molecule has 0 aliphatic heterocycles. The number of ether oxygens (including phenoxy) is 3. The molecular weight excluding hydrogens is 366 g/mol. The summed E-state index contributed by atoms with van der Waals surface area (Å²) in [7, 11) is 2.97. The van der Waals surface area contributed by atoms with Crippen LogP contribution in [0.2, 0.25) is 0 Å². The fourth-order valence-electron chi connectivity index (χ4n) is 2.48. The number of fused-ring (bicyclic) bond motifs is 1. The third-order valence-corrected chi connectivity index (χ3v) is 3.81. The number of methoxy groups -OCH3 is 2. The maximum Gasteiger partial charge on any atom is 0.374 e. The van der Waals surface area contributed by atoms with Crippen molar-refractivity contribution in [3.63, 3.8) is 0 Å². The number of nitrogens with one attached hydrogen (secondary N) is 1. The molecule has 3 rings (SSSR count). The molecule has 3 aromatic rings. The topological polar surface area (TPSA) is 104 Å². The molecule has 0 saturated heterocycles. The Balaban J connectivity index is 1.66. The van der Waals surface area contributed by atoms with Crippen molar-refractivity contribution < 1.29 is 28.2 Å². The van der Waals surface area contributed by atoms with Gasteiger partial charge in [0, 0.05) is 30.0 Å². The lowest BCUT2D eigenvalue weighted by Gasteiger charge is -2.10. The van der Waals surface area contributed by atoms with Crippen molar-refractivity contribution in [3.05, 3.63) is 64.5 Å². The van der Waals surface area contributed by atoms with Gasteiger partial charge in [0.1, 0.15) is 17.1 Å². The van der Waals surface area contributed by atoms with E-state index in [1.54, 1.807) is 42.5 Å². The highest BCUT2D eigenvalue weighted by Crippen LogP contribution is 2.25. The normalized spacial score (nSPS) is 10.4. The van der Waals surface area contributed by atoms with Crippen molar-refractivity contribution in [2.75, 3.05) is 26.1 Å². The number of para-hydroxylation sites is 1. The van der Waals surface area contributed by atoms with Gasteiger partial charge in [0.05, 0.1) is 19.6 Å². The summed E-state index contributed by atoms with van der Waals surface area (Å²) in [4.78, 5) is 36.2. The molecule has 0 saturated carbocycles. The maximum absolute atomic E-state index is 12.1. The summed E-state index contributed by atoms with van der Waals surface area (Å²) in [6, 6.07) is 12.4. The van der Waals surface area contributed by atoms with Crippen LogP contribution in [0.1, 0.15) is 10.6 Å². The third kappa shape index (κ3) is 4.29. The number of carbonyl (C=O) groups excluding carboxylic acids is 2. The van der Waals surface area contributed by atoms with Crippen LogP contribution in [0.15, 0.2) is 57.7 Å². The second kappa shape index (κ2) is 8.26. The molecule has 1 aromatic heterocycles. The van der Waals surface area contributed by atoms with E-state index >= 15 is 0 Å². The van der Waals surface area contributed by atoms with Gasteiger partial charge in [0.2, 0.25) is 5.76 Å². The summed E-state index contributed by atoms with van der Waals surface area (Å²) in [5.41, 5.74) is 0.297. The molecule has 0 aliphatic rings. The first-order chi connectivity index (χ1) is 13.5. The Hall–Kier alpha value is -3.81. The van der Waals surface area contributed by atoms with Gasteiger partial charge in [-0.2, -0.15) is 0 Å². The molecule has 0 atom stereocenters. The van der Waals surface area contributed by atoms with Crippen molar-refractivity contribution in [1.82, 2.24) is 0 Å². The molecule has 8 heteroatoms. The van der Waals surface area contributed by atoms with E-state index in [0.717, 1.165) is 6.07 Å². The Morgan fingerprint density at radius 2 is 1.68 bits per heavy atom. The minimum Gasteiger partial charge on any atom is -0.497 e. The fourth-order valence-corrected chi connectivity index (χ4v) is 2.48. The molecule has 1 N–H and O–H groups in total. The second-order valence-electron chi connectivity index (χ2n) is 5.70. The Morgan fingerprint density at radius 1 is 1.00 bits per heavy atom. The van der Waals surface area contributed by atoms with Gasteiger partial charge >= 0.3 is 5.97 Å². The molecule has 1 amide bonds. The number of benzene rings is 2. The van der Waals surface area contributed by atoms with Gasteiger partial charge in [-0.3, -0.25) is 9.59 Å². The van der Waals surface area contributed by atoms with Crippen LogP contribution in [0.25, 0.3) is 11.0 Å².